The predicted molar refractivity (Wildman–Crippen MR) is 74.6 cm³/mol. The molecule has 0 fully saturated rings. The molecular formula is C17H18O. The van der Waals surface area contributed by atoms with Crippen molar-refractivity contribution in [2.24, 2.45) is 0 Å². The molecule has 0 spiro atoms. The molecule has 0 N–H and O–H groups in total. The molecule has 1 nitrogen and oxygen atoms in total. The van der Waals surface area contributed by atoms with Crippen molar-refractivity contribution in [1.82, 2.24) is 0 Å². The van der Waals surface area contributed by atoms with Gasteiger partial charge in [0, 0.05) is 11.8 Å². The summed E-state index contributed by atoms with van der Waals surface area (Å²) in [7, 11) is 0. The lowest BCUT2D eigenvalue weighted by molar-refractivity contribution is -0.117. The van der Waals surface area contributed by atoms with Crippen LogP contribution < -0.4 is 0 Å². The first kappa shape index (κ1) is 12.6. The molecule has 18 heavy (non-hydrogen) atoms. The number of carbonyl (C=O) groups excluding carboxylic acids is 1. The number of Topliss-reactive ketones (excluding diaryl/α,β-unsaturated/α-hetero) is 1. The van der Waals surface area contributed by atoms with E-state index in [0.29, 0.717) is 6.42 Å². The molecule has 2 rings (SSSR count). The third-order valence-electron chi connectivity index (χ3n) is 3.42. The first-order chi connectivity index (χ1) is 8.63. The minimum atomic E-state index is -0.242. The van der Waals surface area contributed by atoms with Gasteiger partial charge >= 0.3 is 0 Å². The summed E-state index contributed by atoms with van der Waals surface area (Å²) in [4.78, 5) is 11.6. The van der Waals surface area contributed by atoms with Crippen molar-refractivity contribution >= 4 is 5.78 Å². The quantitative estimate of drug-likeness (QED) is 0.787. The molecule has 0 aromatic heterocycles. The van der Waals surface area contributed by atoms with Crippen molar-refractivity contribution in [1.29, 1.82) is 0 Å². The fraction of sp³-hybridized carbons (Fsp3) is 0.235. The van der Waals surface area contributed by atoms with Crippen molar-refractivity contribution in [3.05, 3.63) is 71.8 Å². The Morgan fingerprint density at radius 3 is 1.61 bits per heavy atom. The zero-order valence-electron chi connectivity index (χ0n) is 10.9. The number of hydrogen-bond donors (Lipinski definition) is 0. The molecule has 0 atom stereocenters. The Labute approximate surface area is 108 Å². The van der Waals surface area contributed by atoms with Gasteiger partial charge in [-0.15, -0.1) is 0 Å². The molecule has 0 saturated heterocycles. The summed E-state index contributed by atoms with van der Waals surface area (Å²) in [5, 5.41) is 0. The molecule has 0 radical (unpaired) electrons. The van der Waals surface area contributed by atoms with Crippen molar-refractivity contribution in [2.45, 2.75) is 25.7 Å². The molecule has 0 aliphatic heterocycles. The van der Waals surface area contributed by atoms with E-state index < -0.39 is 0 Å². The van der Waals surface area contributed by atoms with Gasteiger partial charge in [-0.05, 0) is 18.1 Å². The third kappa shape index (κ3) is 2.51. The van der Waals surface area contributed by atoms with Gasteiger partial charge in [0.05, 0.1) is 0 Å². The highest BCUT2D eigenvalue weighted by Gasteiger charge is 2.29. The maximum absolute atomic E-state index is 11.6. The van der Waals surface area contributed by atoms with Gasteiger partial charge < -0.3 is 0 Å². The fourth-order valence-corrected chi connectivity index (χ4v) is 2.48. The summed E-state index contributed by atoms with van der Waals surface area (Å²) in [6.07, 6.45) is 0.529. The van der Waals surface area contributed by atoms with Crippen LogP contribution in [0.5, 0.6) is 0 Å². The number of hydrogen-bond acceptors (Lipinski definition) is 1. The zero-order chi connectivity index (χ0) is 13.0. The van der Waals surface area contributed by atoms with Crippen molar-refractivity contribution in [3.8, 4) is 0 Å². The van der Waals surface area contributed by atoms with Crippen LogP contribution in [0.15, 0.2) is 60.7 Å². The van der Waals surface area contributed by atoms with Gasteiger partial charge in [-0.3, -0.25) is 4.79 Å². The van der Waals surface area contributed by atoms with E-state index >= 15 is 0 Å². The molecule has 0 amide bonds. The zero-order valence-corrected chi connectivity index (χ0v) is 10.9. The first-order valence-corrected chi connectivity index (χ1v) is 6.23. The highest BCUT2D eigenvalue weighted by molar-refractivity contribution is 5.78. The number of carbonyl (C=O) groups is 1. The molecule has 0 aliphatic carbocycles. The van der Waals surface area contributed by atoms with Gasteiger partial charge in [-0.1, -0.05) is 67.6 Å². The molecule has 2 aromatic rings. The highest BCUT2D eigenvalue weighted by Crippen LogP contribution is 2.35. The average molecular weight is 238 g/mol. The molecule has 0 unspecified atom stereocenters. The van der Waals surface area contributed by atoms with E-state index in [1.807, 2.05) is 36.4 Å². The molecule has 0 heterocycles. The number of benzene rings is 2. The molecular weight excluding hydrogens is 220 g/mol. The second kappa shape index (κ2) is 5.18. The minimum absolute atomic E-state index is 0.213. The van der Waals surface area contributed by atoms with Crippen LogP contribution in [-0.2, 0) is 10.2 Å². The van der Waals surface area contributed by atoms with Crippen LogP contribution in [0.3, 0.4) is 0 Å². The van der Waals surface area contributed by atoms with E-state index in [4.69, 9.17) is 0 Å². The summed E-state index contributed by atoms with van der Waals surface area (Å²) >= 11 is 0. The minimum Gasteiger partial charge on any atom is -0.300 e. The normalized spacial score (nSPS) is 11.2. The molecule has 0 aliphatic rings. The Bertz CT molecular complexity index is 474. The van der Waals surface area contributed by atoms with Crippen LogP contribution >= 0.6 is 0 Å². The third-order valence-corrected chi connectivity index (χ3v) is 3.42. The standard InChI is InChI=1S/C17H18O/c1-14(18)13-17(2,15-9-5-3-6-10-15)16-11-7-4-8-12-16/h3-12H,13H2,1-2H3. The predicted octanol–water partition coefficient (Wildman–Crippen LogP) is 3.97. The van der Waals surface area contributed by atoms with Crippen molar-refractivity contribution in [2.75, 3.05) is 0 Å². The first-order valence-electron chi connectivity index (χ1n) is 6.23. The van der Waals surface area contributed by atoms with Crippen LogP contribution in [-0.4, -0.2) is 5.78 Å². The van der Waals surface area contributed by atoms with Gasteiger partial charge in [-0.2, -0.15) is 0 Å². The van der Waals surface area contributed by atoms with Gasteiger partial charge in [0.2, 0.25) is 0 Å². The Morgan fingerprint density at radius 2 is 1.28 bits per heavy atom. The second-order valence-corrected chi connectivity index (χ2v) is 4.94. The van der Waals surface area contributed by atoms with E-state index in [1.54, 1.807) is 6.92 Å². The average Bonchev–Trinajstić information content (AvgIpc) is 2.40. The number of rotatable bonds is 4. The van der Waals surface area contributed by atoms with Crippen LogP contribution in [0.25, 0.3) is 0 Å². The van der Waals surface area contributed by atoms with Crippen LogP contribution in [0.4, 0.5) is 0 Å². The van der Waals surface area contributed by atoms with Gasteiger partial charge in [0.15, 0.2) is 0 Å². The maximum atomic E-state index is 11.6. The summed E-state index contributed by atoms with van der Waals surface area (Å²) in [6.45, 7) is 3.79. The largest absolute Gasteiger partial charge is 0.300 e. The van der Waals surface area contributed by atoms with Crippen LogP contribution in [0.1, 0.15) is 31.4 Å². The monoisotopic (exact) mass is 238 g/mol. The van der Waals surface area contributed by atoms with E-state index in [-0.39, 0.29) is 11.2 Å². The van der Waals surface area contributed by atoms with E-state index in [9.17, 15) is 4.79 Å². The topological polar surface area (TPSA) is 17.1 Å². The molecule has 0 bridgehead atoms. The smallest absolute Gasteiger partial charge is 0.131 e. The lowest BCUT2D eigenvalue weighted by Gasteiger charge is -2.30. The van der Waals surface area contributed by atoms with Gasteiger partial charge in [0.1, 0.15) is 5.78 Å². The maximum Gasteiger partial charge on any atom is 0.131 e. The van der Waals surface area contributed by atoms with E-state index in [2.05, 4.69) is 31.2 Å². The van der Waals surface area contributed by atoms with Crippen molar-refractivity contribution in [3.63, 3.8) is 0 Å². The van der Waals surface area contributed by atoms with E-state index in [0.717, 1.165) is 0 Å². The van der Waals surface area contributed by atoms with Crippen molar-refractivity contribution < 1.29 is 4.79 Å². The second-order valence-electron chi connectivity index (χ2n) is 4.94. The lowest BCUT2D eigenvalue weighted by atomic mass is 9.73. The molecule has 2 aromatic carbocycles. The summed E-state index contributed by atoms with van der Waals surface area (Å²) in [6, 6.07) is 20.5. The SMILES string of the molecule is CC(=O)CC(C)(c1ccccc1)c1ccccc1. The summed E-state index contributed by atoms with van der Waals surface area (Å²) < 4.78 is 0. The van der Waals surface area contributed by atoms with Gasteiger partial charge in [-0.25, -0.2) is 0 Å². The Kier molecular flexibility index (Phi) is 3.61. The molecule has 1 heteroatoms. The Morgan fingerprint density at radius 1 is 0.889 bits per heavy atom. The van der Waals surface area contributed by atoms with E-state index in [1.165, 1.54) is 11.1 Å². The lowest BCUT2D eigenvalue weighted by Crippen LogP contribution is -2.26. The Balaban J connectivity index is 2.51. The van der Waals surface area contributed by atoms with Crippen LogP contribution in [0.2, 0.25) is 0 Å². The fourth-order valence-electron chi connectivity index (χ4n) is 2.48. The highest BCUT2D eigenvalue weighted by atomic mass is 16.1. The van der Waals surface area contributed by atoms with Gasteiger partial charge in [0.25, 0.3) is 0 Å². The Hall–Kier alpha value is -1.89. The number of ketones is 1. The summed E-state index contributed by atoms with van der Waals surface area (Å²) in [5.41, 5.74) is 2.13. The molecule has 0 saturated carbocycles. The van der Waals surface area contributed by atoms with Crippen LogP contribution in [0, 0.1) is 0 Å². The molecule has 92 valence electrons. The summed E-state index contributed by atoms with van der Waals surface area (Å²) in [5.74, 6) is 0.213.